The predicted molar refractivity (Wildman–Crippen MR) is 90.1 cm³/mol. The van der Waals surface area contributed by atoms with Crippen molar-refractivity contribution in [2.45, 2.75) is 70.0 Å². The number of ether oxygens (including phenoxy) is 1. The van der Waals surface area contributed by atoms with Crippen molar-refractivity contribution in [1.29, 1.82) is 0 Å². The van der Waals surface area contributed by atoms with Gasteiger partial charge in [0.1, 0.15) is 0 Å². The van der Waals surface area contributed by atoms with E-state index in [0.717, 1.165) is 50.5 Å². The molecule has 134 valence electrons. The molecule has 0 radical (unpaired) electrons. The summed E-state index contributed by atoms with van der Waals surface area (Å²) in [4.78, 5) is 12.3. The highest BCUT2D eigenvalue weighted by Crippen LogP contribution is 2.70. The van der Waals surface area contributed by atoms with Crippen LogP contribution < -0.4 is 0 Å². The van der Waals surface area contributed by atoms with Gasteiger partial charge in [-0.2, -0.15) is 0 Å². The lowest BCUT2D eigenvalue weighted by Crippen LogP contribution is -2.58. The summed E-state index contributed by atoms with van der Waals surface area (Å²) in [5.41, 5.74) is 0.682. The molecule has 24 heavy (non-hydrogen) atoms. The van der Waals surface area contributed by atoms with Crippen LogP contribution in [0.2, 0.25) is 0 Å². The van der Waals surface area contributed by atoms with Gasteiger partial charge >= 0.3 is 5.97 Å². The minimum absolute atomic E-state index is 0.123. The van der Waals surface area contributed by atoms with Crippen LogP contribution in [0.15, 0.2) is 12.2 Å². The summed E-state index contributed by atoms with van der Waals surface area (Å²) in [5, 5.41) is 21.5. The van der Waals surface area contributed by atoms with Gasteiger partial charge in [0.2, 0.25) is 0 Å². The third-order valence-electron chi connectivity index (χ3n) is 8.17. The SMILES string of the molecule is C=C1[C@H]2CC[C@H]3[C@]4(CC(=O)OC)C[C@H](O)CCC4CC[C@]3(C2)[C@H]1O. The zero-order chi connectivity index (χ0) is 17.1. The Morgan fingerprint density at radius 2 is 2.00 bits per heavy atom. The summed E-state index contributed by atoms with van der Waals surface area (Å²) in [6.07, 6.45) is 7.35. The number of fused-ring (bicyclic) bond motifs is 3. The van der Waals surface area contributed by atoms with Crippen LogP contribution in [0.4, 0.5) is 0 Å². The second kappa shape index (κ2) is 5.57. The molecule has 2 N–H and O–H groups in total. The van der Waals surface area contributed by atoms with Gasteiger partial charge in [0.15, 0.2) is 0 Å². The Balaban J connectivity index is 1.77. The second-order valence-electron chi connectivity index (χ2n) is 8.90. The highest BCUT2D eigenvalue weighted by molar-refractivity contribution is 5.70. The highest BCUT2D eigenvalue weighted by atomic mass is 16.5. The van der Waals surface area contributed by atoms with Crippen molar-refractivity contribution < 1.29 is 19.7 Å². The van der Waals surface area contributed by atoms with Crippen molar-refractivity contribution in [2.24, 2.45) is 28.6 Å². The topological polar surface area (TPSA) is 66.8 Å². The fourth-order valence-corrected chi connectivity index (χ4v) is 7.21. The third kappa shape index (κ3) is 2.08. The Bertz CT molecular complexity index is 558. The molecule has 0 aromatic carbocycles. The van der Waals surface area contributed by atoms with E-state index in [-0.39, 0.29) is 22.9 Å². The lowest BCUT2D eigenvalue weighted by Gasteiger charge is -2.62. The van der Waals surface area contributed by atoms with Crippen molar-refractivity contribution in [2.75, 3.05) is 7.11 Å². The lowest BCUT2D eigenvalue weighted by molar-refractivity contribution is -0.178. The summed E-state index contributed by atoms with van der Waals surface area (Å²) in [7, 11) is 1.45. The lowest BCUT2D eigenvalue weighted by atomic mass is 9.43. The number of hydrogen-bond acceptors (Lipinski definition) is 4. The van der Waals surface area contributed by atoms with Crippen LogP contribution in [0.25, 0.3) is 0 Å². The Hall–Kier alpha value is -0.870. The number of aliphatic hydroxyl groups excluding tert-OH is 2. The van der Waals surface area contributed by atoms with Gasteiger partial charge in [-0.15, -0.1) is 0 Å². The largest absolute Gasteiger partial charge is 0.469 e. The van der Waals surface area contributed by atoms with Crippen LogP contribution in [-0.2, 0) is 9.53 Å². The number of hydrogen-bond donors (Lipinski definition) is 2. The molecule has 4 fully saturated rings. The van der Waals surface area contributed by atoms with Gasteiger partial charge in [-0.3, -0.25) is 4.79 Å². The normalized spacial score (nSPS) is 50.1. The molecular weight excluding hydrogens is 304 g/mol. The monoisotopic (exact) mass is 334 g/mol. The zero-order valence-corrected chi connectivity index (χ0v) is 14.7. The molecule has 4 aliphatic carbocycles. The van der Waals surface area contributed by atoms with E-state index in [9.17, 15) is 15.0 Å². The van der Waals surface area contributed by atoms with Crippen LogP contribution in [0.3, 0.4) is 0 Å². The van der Waals surface area contributed by atoms with E-state index in [2.05, 4.69) is 6.58 Å². The molecule has 4 rings (SSSR count). The average molecular weight is 334 g/mol. The second-order valence-corrected chi connectivity index (χ2v) is 8.90. The number of carbonyl (C=O) groups is 1. The molecule has 0 saturated heterocycles. The molecule has 0 aromatic heterocycles. The van der Waals surface area contributed by atoms with Crippen molar-refractivity contribution in [1.82, 2.24) is 0 Å². The molecule has 0 heterocycles. The van der Waals surface area contributed by atoms with Gasteiger partial charge in [0.05, 0.1) is 25.7 Å². The van der Waals surface area contributed by atoms with E-state index in [4.69, 9.17) is 4.74 Å². The summed E-state index contributed by atoms with van der Waals surface area (Å²) in [5.74, 6) is 1.03. The first-order chi connectivity index (χ1) is 11.4. The first-order valence-electron chi connectivity index (χ1n) is 9.54. The standard InChI is InChI=1S/C20H30O4/c1-12-13-3-6-16-19(9-13,18(12)23)8-7-14-4-5-15(21)10-20(14,16)11-17(22)24-2/h13-16,18,21,23H,1,3-11H2,2H3/t13-,14?,15+,16+,18-,19+,20-/m0/s1. The summed E-state index contributed by atoms with van der Waals surface area (Å²) >= 11 is 0. The fourth-order valence-electron chi connectivity index (χ4n) is 7.21. The Morgan fingerprint density at radius 3 is 2.75 bits per heavy atom. The van der Waals surface area contributed by atoms with Gasteiger partial charge < -0.3 is 14.9 Å². The van der Waals surface area contributed by atoms with E-state index in [1.807, 2.05) is 0 Å². The van der Waals surface area contributed by atoms with E-state index >= 15 is 0 Å². The van der Waals surface area contributed by atoms with Crippen molar-refractivity contribution in [3.05, 3.63) is 12.2 Å². The Kier molecular flexibility index (Phi) is 3.85. The molecule has 7 atom stereocenters. The number of rotatable bonds is 2. The molecular formula is C20H30O4. The molecule has 2 bridgehead atoms. The predicted octanol–water partition coefficient (Wildman–Crippen LogP) is 2.82. The van der Waals surface area contributed by atoms with Crippen LogP contribution in [0.5, 0.6) is 0 Å². The van der Waals surface area contributed by atoms with Crippen molar-refractivity contribution in [3.8, 4) is 0 Å². The zero-order valence-electron chi connectivity index (χ0n) is 14.7. The van der Waals surface area contributed by atoms with Gasteiger partial charge in [0.25, 0.3) is 0 Å². The molecule has 4 aliphatic rings. The molecule has 0 aliphatic heterocycles. The van der Waals surface area contributed by atoms with Gasteiger partial charge in [0, 0.05) is 5.41 Å². The number of aliphatic hydroxyl groups is 2. The maximum absolute atomic E-state index is 12.3. The first-order valence-corrected chi connectivity index (χ1v) is 9.54. The van der Waals surface area contributed by atoms with E-state index in [1.165, 1.54) is 7.11 Å². The average Bonchev–Trinajstić information content (AvgIpc) is 2.75. The van der Waals surface area contributed by atoms with Crippen LogP contribution in [0, 0.1) is 28.6 Å². The Morgan fingerprint density at radius 1 is 1.21 bits per heavy atom. The third-order valence-corrected chi connectivity index (χ3v) is 8.17. The summed E-state index contributed by atoms with van der Waals surface area (Å²) < 4.78 is 5.04. The molecule has 4 nitrogen and oxygen atoms in total. The quantitative estimate of drug-likeness (QED) is 0.602. The molecule has 0 aromatic rings. The first kappa shape index (κ1) is 16.6. The number of esters is 1. The minimum atomic E-state index is -0.440. The summed E-state index contributed by atoms with van der Waals surface area (Å²) in [6, 6.07) is 0. The number of carbonyl (C=O) groups excluding carboxylic acids is 1. The van der Waals surface area contributed by atoms with E-state index in [1.54, 1.807) is 0 Å². The van der Waals surface area contributed by atoms with Crippen molar-refractivity contribution >= 4 is 5.97 Å². The maximum atomic E-state index is 12.3. The van der Waals surface area contributed by atoms with E-state index < -0.39 is 6.10 Å². The van der Waals surface area contributed by atoms with Gasteiger partial charge in [-0.25, -0.2) is 0 Å². The molecule has 4 saturated carbocycles. The van der Waals surface area contributed by atoms with Gasteiger partial charge in [-0.1, -0.05) is 6.58 Å². The Labute approximate surface area is 144 Å². The van der Waals surface area contributed by atoms with Crippen LogP contribution in [0.1, 0.15) is 57.8 Å². The highest BCUT2D eigenvalue weighted by Gasteiger charge is 2.66. The minimum Gasteiger partial charge on any atom is -0.469 e. The molecule has 1 spiro atoms. The fraction of sp³-hybridized carbons (Fsp3) is 0.850. The molecule has 0 amide bonds. The van der Waals surface area contributed by atoms with Crippen LogP contribution in [-0.4, -0.2) is 35.5 Å². The summed E-state index contributed by atoms with van der Waals surface area (Å²) in [6.45, 7) is 4.19. The molecule has 4 heteroatoms. The molecule has 1 unspecified atom stereocenters. The maximum Gasteiger partial charge on any atom is 0.306 e. The van der Waals surface area contributed by atoms with E-state index in [0.29, 0.717) is 30.6 Å². The van der Waals surface area contributed by atoms with Crippen LogP contribution >= 0.6 is 0 Å². The smallest absolute Gasteiger partial charge is 0.306 e. The van der Waals surface area contributed by atoms with Crippen molar-refractivity contribution in [3.63, 3.8) is 0 Å². The number of methoxy groups -OCH3 is 1. The van der Waals surface area contributed by atoms with Gasteiger partial charge in [-0.05, 0) is 80.1 Å².